The molecule has 3 N–H and O–H groups in total. The Morgan fingerprint density at radius 3 is 3.10 bits per heavy atom. The first-order valence-electron chi connectivity index (χ1n) is 2.70. The van der Waals surface area contributed by atoms with Gasteiger partial charge in [0.1, 0.15) is 6.04 Å². The number of aromatic nitrogens is 4. The molecule has 0 aliphatic heterocycles. The molecule has 0 radical (unpaired) electrons. The summed E-state index contributed by atoms with van der Waals surface area (Å²) in [7, 11) is 0. The highest BCUT2D eigenvalue weighted by molar-refractivity contribution is 4.94. The highest BCUT2D eigenvalue weighted by Gasteiger charge is 2.04. The van der Waals surface area contributed by atoms with E-state index < -0.39 is 6.04 Å². The number of nitriles is 1. The monoisotopic (exact) mass is 138 g/mol. The minimum Gasteiger partial charge on any atom is -0.316 e. The molecule has 0 aliphatic carbocycles. The molecule has 6 nitrogen and oxygen atoms in total. The normalized spacial score (nSPS) is 12.4. The van der Waals surface area contributed by atoms with Gasteiger partial charge in [0.15, 0.2) is 5.82 Å². The van der Waals surface area contributed by atoms with E-state index in [-0.39, 0.29) is 0 Å². The Morgan fingerprint density at radius 2 is 2.60 bits per heavy atom. The second-order valence-electron chi connectivity index (χ2n) is 1.77. The topological polar surface area (TPSA) is 104 Å². The molecule has 0 saturated heterocycles. The largest absolute Gasteiger partial charge is 0.316 e. The first kappa shape index (κ1) is 6.64. The maximum Gasteiger partial charge on any atom is 0.177 e. The molecule has 1 heterocycles. The Morgan fingerprint density at radius 1 is 1.80 bits per heavy atom. The third-order valence-electron chi connectivity index (χ3n) is 0.958. The number of rotatable bonds is 2. The van der Waals surface area contributed by atoms with Gasteiger partial charge in [-0.05, 0) is 0 Å². The number of nitrogens with two attached hydrogens (primary N) is 1. The maximum absolute atomic E-state index is 8.27. The fourth-order valence-corrected chi connectivity index (χ4v) is 0.511. The molecule has 1 rings (SSSR count). The summed E-state index contributed by atoms with van der Waals surface area (Å²) >= 11 is 0. The van der Waals surface area contributed by atoms with Gasteiger partial charge in [0.05, 0.1) is 6.07 Å². The van der Waals surface area contributed by atoms with Gasteiger partial charge < -0.3 is 5.73 Å². The smallest absolute Gasteiger partial charge is 0.177 e. The number of nitrogens with zero attached hydrogens (tertiary/aromatic N) is 4. The highest BCUT2D eigenvalue weighted by atomic mass is 15.5. The van der Waals surface area contributed by atoms with Crippen molar-refractivity contribution < 1.29 is 0 Å². The van der Waals surface area contributed by atoms with Crippen molar-refractivity contribution >= 4 is 0 Å². The van der Waals surface area contributed by atoms with E-state index in [9.17, 15) is 0 Å². The molecule has 52 valence electrons. The predicted molar refractivity (Wildman–Crippen MR) is 31.5 cm³/mol. The van der Waals surface area contributed by atoms with Gasteiger partial charge in [-0.25, -0.2) is 0 Å². The zero-order valence-electron chi connectivity index (χ0n) is 5.15. The van der Waals surface area contributed by atoms with E-state index in [2.05, 4.69) is 20.6 Å². The first-order chi connectivity index (χ1) is 4.83. The molecule has 0 aromatic carbocycles. The summed E-state index contributed by atoms with van der Waals surface area (Å²) in [6.07, 6.45) is 0.340. The average molecular weight is 138 g/mol. The molecule has 0 spiro atoms. The maximum atomic E-state index is 8.27. The van der Waals surface area contributed by atoms with Gasteiger partial charge in [0.25, 0.3) is 0 Å². The highest BCUT2D eigenvalue weighted by Crippen LogP contribution is 1.88. The number of hydrogen-bond acceptors (Lipinski definition) is 5. The van der Waals surface area contributed by atoms with Crippen LogP contribution in [0.15, 0.2) is 0 Å². The van der Waals surface area contributed by atoms with Crippen LogP contribution in [0.3, 0.4) is 0 Å². The summed E-state index contributed by atoms with van der Waals surface area (Å²) in [6.45, 7) is 0. The summed E-state index contributed by atoms with van der Waals surface area (Å²) in [5.74, 6) is 0.467. The zero-order valence-corrected chi connectivity index (χ0v) is 5.15. The lowest BCUT2D eigenvalue weighted by molar-refractivity contribution is 0.772. The van der Waals surface area contributed by atoms with Crippen molar-refractivity contribution in [1.82, 2.24) is 20.6 Å². The lowest BCUT2D eigenvalue weighted by atomic mass is 10.2. The standard InChI is InChI=1S/C4H6N6/c5-2-3(6)1-4-7-9-10-8-4/h3H,1,6H2,(H,7,8,9,10)/t3-/m0/s1. The number of tetrazole rings is 1. The second kappa shape index (κ2) is 2.89. The molecule has 6 heteroatoms. The van der Waals surface area contributed by atoms with Gasteiger partial charge in [-0.15, -0.1) is 10.2 Å². The van der Waals surface area contributed by atoms with Crippen LogP contribution in [0, 0.1) is 11.3 Å². The van der Waals surface area contributed by atoms with Crippen LogP contribution in [0.5, 0.6) is 0 Å². The lowest BCUT2D eigenvalue weighted by Crippen LogP contribution is -2.20. The molecule has 0 aliphatic rings. The van der Waals surface area contributed by atoms with Crippen LogP contribution in [0.25, 0.3) is 0 Å². The van der Waals surface area contributed by atoms with Crippen LogP contribution < -0.4 is 5.73 Å². The summed E-state index contributed by atoms with van der Waals surface area (Å²) in [4.78, 5) is 0. The molecule has 1 atom stereocenters. The molecule has 1 aromatic heterocycles. The zero-order chi connectivity index (χ0) is 7.40. The van der Waals surface area contributed by atoms with Crippen LogP contribution in [0.1, 0.15) is 5.82 Å². The molecule has 0 fully saturated rings. The third-order valence-corrected chi connectivity index (χ3v) is 0.958. The Kier molecular flexibility index (Phi) is 1.92. The molecule has 0 unspecified atom stereocenters. The Bertz CT molecular complexity index is 220. The van der Waals surface area contributed by atoms with Crippen molar-refractivity contribution in [2.24, 2.45) is 5.73 Å². The van der Waals surface area contributed by atoms with E-state index in [0.29, 0.717) is 12.2 Å². The van der Waals surface area contributed by atoms with Gasteiger partial charge in [-0.2, -0.15) is 10.5 Å². The summed E-state index contributed by atoms with van der Waals surface area (Å²) in [5.41, 5.74) is 5.28. The van der Waals surface area contributed by atoms with Gasteiger partial charge in [0.2, 0.25) is 0 Å². The summed E-state index contributed by atoms with van der Waals surface area (Å²) in [6, 6.07) is 1.32. The van der Waals surface area contributed by atoms with E-state index in [1.54, 1.807) is 0 Å². The van der Waals surface area contributed by atoms with Crippen molar-refractivity contribution in [3.8, 4) is 6.07 Å². The van der Waals surface area contributed by atoms with Crippen molar-refractivity contribution in [3.63, 3.8) is 0 Å². The predicted octanol–water partition coefficient (Wildman–Crippen LogP) is -1.41. The average Bonchev–Trinajstić information content (AvgIpc) is 2.40. The van der Waals surface area contributed by atoms with Crippen molar-refractivity contribution in [1.29, 1.82) is 5.26 Å². The third kappa shape index (κ3) is 1.50. The quantitative estimate of drug-likeness (QED) is 0.522. The van der Waals surface area contributed by atoms with Gasteiger partial charge in [-0.1, -0.05) is 5.21 Å². The second-order valence-corrected chi connectivity index (χ2v) is 1.77. The molecular weight excluding hydrogens is 132 g/mol. The Labute approximate surface area is 57.0 Å². The van der Waals surface area contributed by atoms with Crippen LogP contribution >= 0.6 is 0 Å². The van der Waals surface area contributed by atoms with Crippen molar-refractivity contribution in [2.75, 3.05) is 0 Å². The molecule has 0 bridgehead atoms. The van der Waals surface area contributed by atoms with Crippen molar-refractivity contribution in [2.45, 2.75) is 12.5 Å². The first-order valence-corrected chi connectivity index (χ1v) is 2.70. The minimum atomic E-state index is -0.544. The van der Waals surface area contributed by atoms with E-state index in [0.717, 1.165) is 0 Å². The van der Waals surface area contributed by atoms with E-state index >= 15 is 0 Å². The Balaban J connectivity index is 2.50. The molecule has 10 heavy (non-hydrogen) atoms. The van der Waals surface area contributed by atoms with Crippen LogP contribution in [0.2, 0.25) is 0 Å². The molecule has 0 amide bonds. The fourth-order valence-electron chi connectivity index (χ4n) is 0.511. The van der Waals surface area contributed by atoms with Crippen LogP contribution in [0.4, 0.5) is 0 Å². The number of aromatic amines is 1. The number of H-pyrrole nitrogens is 1. The molecular formula is C4H6N6. The van der Waals surface area contributed by atoms with Gasteiger partial charge in [-0.3, -0.25) is 0 Å². The molecule has 0 saturated carbocycles. The van der Waals surface area contributed by atoms with Crippen LogP contribution in [-0.2, 0) is 6.42 Å². The number of nitrogens with one attached hydrogen (secondary N) is 1. The van der Waals surface area contributed by atoms with Crippen molar-refractivity contribution in [3.05, 3.63) is 5.82 Å². The summed E-state index contributed by atoms with van der Waals surface area (Å²) in [5, 5.41) is 21.1. The fraction of sp³-hybridized carbons (Fsp3) is 0.500. The Hall–Kier alpha value is -1.48. The van der Waals surface area contributed by atoms with Crippen LogP contribution in [-0.4, -0.2) is 26.7 Å². The molecule has 1 aromatic rings. The minimum absolute atomic E-state index is 0.340. The SMILES string of the molecule is N#C[C@@H](N)Cc1nn[nH]n1. The lowest BCUT2D eigenvalue weighted by Gasteiger charge is -1.93. The van der Waals surface area contributed by atoms with E-state index in [1.807, 2.05) is 6.07 Å². The van der Waals surface area contributed by atoms with E-state index in [1.165, 1.54) is 0 Å². The summed E-state index contributed by atoms with van der Waals surface area (Å²) < 4.78 is 0. The van der Waals surface area contributed by atoms with Gasteiger partial charge in [0, 0.05) is 6.42 Å². The number of hydrogen-bond donors (Lipinski definition) is 2. The van der Waals surface area contributed by atoms with E-state index in [4.69, 9.17) is 11.0 Å². The van der Waals surface area contributed by atoms with Gasteiger partial charge >= 0.3 is 0 Å².